The second-order valence-corrected chi connectivity index (χ2v) is 6.40. The van der Waals surface area contributed by atoms with E-state index in [0.29, 0.717) is 18.7 Å². The van der Waals surface area contributed by atoms with Gasteiger partial charge in [-0.1, -0.05) is 32.9 Å². The number of carbonyl (C=O) groups excluding carboxylic acids is 1. The number of hydrogen-bond donors (Lipinski definition) is 2. The molecule has 0 unspecified atom stereocenters. The Balaban J connectivity index is 2.11. The van der Waals surface area contributed by atoms with E-state index in [2.05, 4.69) is 5.32 Å². The standard InChI is InChI=1S/C19H23NO5/c1-5-15-14(18(22)23)10-16(25-15)17(21)20-11-19(2,3)12-7-6-8-13(9-12)24-4/h6-10H,5,11H2,1-4H3,(H,20,21)(H,22,23). The van der Waals surface area contributed by atoms with Gasteiger partial charge < -0.3 is 19.6 Å². The molecule has 0 atom stereocenters. The van der Waals surface area contributed by atoms with Gasteiger partial charge in [-0.15, -0.1) is 0 Å². The summed E-state index contributed by atoms with van der Waals surface area (Å²) in [7, 11) is 1.61. The minimum Gasteiger partial charge on any atom is -0.497 e. The third-order valence-electron chi connectivity index (χ3n) is 4.13. The van der Waals surface area contributed by atoms with Crippen LogP contribution in [-0.2, 0) is 11.8 Å². The molecule has 25 heavy (non-hydrogen) atoms. The zero-order valence-corrected chi connectivity index (χ0v) is 14.9. The number of benzene rings is 1. The molecule has 2 N–H and O–H groups in total. The van der Waals surface area contributed by atoms with Crippen molar-refractivity contribution < 1.29 is 23.8 Å². The lowest BCUT2D eigenvalue weighted by molar-refractivity contribution is 0.0694. The highest BCUT2D eigenvalue weighted by Crippen LogP contribution is 2.26. The lowest BCUT2D eigenvalue weighted by atomic mass is 9.84. The number of aryl methyl sites for hydroxylation is 1. The summed E-state index contributed by atoms with van der Waals surface area (Å²) >= 11 is 0. The topological polar surface area (TPSA) is 88.8 Å². The molecule has 0 aliphatic heterocycles. The second kappa shape index (κ2) is 7.42. The summed E-state index contributed by atoms with van der Waals surface area (Å²) < 4.78 is 10.6. The number of carboxylic acids is 1. The molecule has 1 aromatic heterocycles. The van der Waals surface area contributed by atoms with E-state index < -0.39 is 11.9 Å². The molecule has 0 radical (unpaired) electrons. The lowest BCUT2D eigenvalue weighted by Gasteiger charge is -2.25. The van der Waals surface area contributed by atoms with Crippen molar-refractivity contribution in [3.63, 3.8) is 0 Å². The van der Waals surface area contributed by atoms with Crippen LogP contribution in [0.5, 0.6) is 5.75 Å². The lowest BCUT2D eigenvalue weighted by Crippen LogP contribution is -2.36. The van der Waals surface area contributed by atoms with E-state index in [1.165, 1.54) is 6.07 Å². The van der Waals surface area contributed by atoms with Crippen LogP contribution in [0.1, 0.15) is 53.0 Å². The van der Waals surface area contributed by atoms with Crippen molar-refractivity contribution in [1.29, 1.82) is 0 Å². The van der Waals surface area contributed by atoms with E-state index in [-0.39, 0.29) is 16.7 Å². The van der Waals surface area contributed by atoms with Gasteiger partial charge in [-0.25, -0.2) is 4.79 Å². The Kier molecular flexibility index (Phi) is 5.51. The summed E-state index contributed by atoms with van der Waals surface area (Å²) in [6.07, 6.45) is 0.407. The first-order valence-electron chi connectivity index (χ1n) is 8.07. The minimum atomic E-state index is -1.10. The zero-order valence-electron chi connectivity index (χ0n) is 14.9. The maximum absolute atomic E-state index is 12.3. The fourth-order valence-electron chi connectivity index (χ4n) is 2.52. The fraction of sp³-hybridized carbons (Fsp3) is 0.368. The molecule has 1 heterocycles. The van der Waals surface area contributed by atoms with E-state index in [4.69, 9.17) is 14.3 Å². The molecule has 0 spiro atoms. The number of amides is 1. The first-order chi connectivity index (χ1) is 11.8. The summed E-state index contributed by atoms with van der Waals surface area (Å²) in [5.41, 5.74) is 0.715. The minimum absolute atomic E-state index is 0.00990. The van der Waals surface area contributed by atoms with Crippen LogP contribution in [-0.4, -0.2) is 30.6 Å². The molecule has 0 saturated carbocycles. The van der Waals surface area contributed by atoms with E-state index in [1.54, 1.807) is 14.0 Å². The Labute approximate surface area is 146 Å². The molecule has 0 aliphatic carbocycles. The van der Waals surface area contributed by atoms with Crippen LogP contribution in [0.15, 0.2) is 34.7 Å². The van der Waals surface area contributed by atoms with Gasteiger partial charge in [0.1, 0.15) is 17.1 Å². The molecule has 134 valence electrons. The van der Waals surface area contributed by atoms with Gasteiger partial charge in [-0.05, 0) is 17.7 Å². The van der Waals surface area contributed by atoms with E-state index in [1.807, 2.05) is 38.1 Å². The Hall–Kier alpha value is -2.76. The van der Waals surface area contributed by atoms with Crippen molar-refractivity contribution in [3.8, 4) is 5.75 Å². The van der Waals surface area contributed by atoms with Gasteiger partial charge in [0.05, 0.1) is 7.11 Å². The average molecular weight is 345 g/mol. The summed E-state index contributed by atoms with van der Waals surface area (Å²) in [6, 6.07) is 8.93. The Morgan fingerprint density at radius 3 is 2.56 bits per heavy atom. The molecule has 6 heteroatoms. The summed E-state index contributed by atoms with van der Waals surface area (Å²) in [6.45, 7) is 6.15. The molecule has 0 bridgehead atoms. The highest BCUT2D eigenvalue weighted by molar-refractivity contribution is 5.96. The Bertz CT molecular complexity index is 776. The number of carboxylic acid groups (broad SMARTS) is 1. The summed E-state index contributed by atoms with van der Waals surface area (Å²) in [4.78, 5) is 23.5. The monoisotopic (exact) mass is 345 g/mol. The molecular formula is C19H23NO5. The van der Waals surface area contributed by atoms with Crippen LogP contribution in [0.3, 0.4) is 0 Å². The van der Waals surface area contributed by atoms with E-state index in [0.717, 1.165) is 11.3 Å². The van der Waals surface area contributed by atoms with Crippen LogP contribution >= 0.6 is 0 Å². The molecule has 1 amide bonds. The average Bonchev–Trinajstić information content (AvgIpc) is 3.04. The normalized spacial score (nSPS) is 11.2. The number of furan rings is 1. The van der Waals surface area contributed by atoms with Crippen molar-refractivity contribution in [2.75, 3.05) is 13.7 Å². The van der Waals surface area contributed by atoms with Gasteiger partial charge in [0, 0.05) is 24.4 Å². The van der Waals surface area contributed by atoms with Crippen molar-refractivity contribution in [2.45, 2.75) is 32.6 Å². The molecular weight excluding hydrogens is 322 g/mol. The third-order valence-corrected chi connectivity index (χ3v) is 4.13. The van der Waals surface area contributed by atoms with E-state index in [9.17, 15) is 9.59 Å². The van der Waals surface area contributed by atoms with Crippen molar-refractivity contribution in [1.82, 2.24) is 5.32 Å². The van der Waals surface area contributed by atoms with Gasteiger partial charge in [-0.2, -0.15) is 0 Å². The van der Waals surface area contributed by atoms with Gasteiger partial charge in [-0.3, -0.25) is 4.79 Å². The molecule has 0 aliphatic rings. The molecule has 0 saturated heterocycles. The maximum Gasteiger partial charge on any atom is 0.339 e. The quantitative estimate of drug-likeness (QED) is 0.804. The molecule has 6 nitrogen and oxygen atoms in total. The molecule has 2 aromatic rings. The summed E-state index contributed by atoms with van der Waals surface area (Å²) in [5, 5.41) is 12.0. The fourth-order valence-corrected chi connectivity index (χ4v) is 2.52. The van der Waals surface area contributed by atoms with Gasteiger partial charge >= 0.3 is 5.97 Å². The molecule has 0 fully saturated rings. The van der Waals surface area contributed by atoms with Gasteiger partial charge in [0.2, 0.25) is 0 Å². The predicted molar refractivity (Wildman–Crippen MR) is 93.4 cm³/mol. The zero-order chi connectivity index (χ0) is 18.6. The van der Waals surface area contributed by atoms with E-state index >= 15 is 0 Å². The number of ether oxygens (including phenoxy) is 1. The highest BCUT2D eigenvalue weighted by Gasteiger charge is 2.24. The van der Waals surface area contributed by atoms with Crippen LogP contribution in [0, 0.1) is 0 Å². The number of carbonyl (C=O) groups is 2. The number of aromatic carboxylic acids is 1. The largest absolute Gasteiger partial charge is 0.497 e. The number of methoxy groups -OCH3 is 1. The van der Waals surface area contributed by atoms with Crippen molar-refractivity contribution in [2.24, 2.45) is 0 Å². The second-order valence-electron chi connectivity index (χ2n) is 6.40. The van der Waals surface area contributed by atoms with Crippen molar-refractivity contribution in [3.05, 3.63) is 53.0 Å². The smallest absolute Gasteiger partial charge is 0.339 e. The predicted octanol–water partition coefficient (Wildman–Crippen LogP) is 3.26. The van der Waals surface area contributed by atoms with Crippen LogP contribution in [0.25, 0.3) is 0 Å². The summed E-state index contributed by atoms with van der Waals surface area (Å²) in [5.74, 6) is -0.475. The highest BCUT2D eigenvalue weighted by atomic mass is 16.5. The third kappa shape index (κ3) is 4.21. The number of rotatable bonds is 7. The first-order valence-corrected chi connectivity index (χ1v) is 8.07. The SMILES string of the molecule is CCc1oc(C(=O)NCC(C)(C)c2cccc(OC)c2)cc1C(=O)O. The first kappa shape index (κ1) is 18.6. The van der Waals surface area contributed by atoms with Gasteiger partial charge in [0.15, 0.2) is 5.76 Å². The number of hydrogen-bond acceptors (Lipinski definition) is 4. The maximum atomic E-state index is 12.3. The van der Waals surface area contributed by atoms with Crippen LogP contribution in [0.4, 0.5) is 0 Å². The molecule has 1 aromatic carbocycles. The van der Waals surface area contributed by atoms with Crippen LogP contribution < -0.4 is 10.1 Å². The van der Waals surface area contributed by atoms with Crippen LogP contribution in [0.2, 0.25) is 0 Å². The Morgan fingerprint density at radius 1 is 1.28 bits per heavy atom. The van der Waals surface area contributed by atoms with Crippen molar-refractivity contribution >= 4 is 11.9 Å². The van der Waals surface area contributed by atoms with Gasteiger partial charge in [0.25, 0.3) is 5.91 Å². The number of nitrogens with one attached hydrogen (secondary N) is 1. The Morgan fingerprint density at radius 2 is 2.00 bits per heavy atom. The molecule has 2 rings (SSSR count).